The van der Waals surface area contributed by atoms with E-state index in [0.29, 0.717) is 23.3 Å². The third kappa shape index (κ3) is 3.77. The maximum atomic E-state index is 11.7. The summed E-state index contributed by atoms with van der Waals surface area (Å²) < 4.78 is 5.58. The topological polar surface area (TPSA) is 82.0 Å². The van der Waals surface area contributed by atoms with Gasteiger partial charge in [0.1, 0.15) is 0 Å². The molecule has 0 saturated heterocycles. The fourth-order valence-electron chi connectivity index (χ4n) is 3.16. The predicted molar refractivity (Wildman–Crippen MR) is 106 cm³/mol. The summed E-state index contributed by atoms with van der Waals surface area (Å²) in [6.45, 7) is 10.4. The molecule has 1 amide bonds. The molecule has 27 heavy (non-hydrogen) atoms. The number of amides is 1. The number of carbonyl (C=O) groups excluding carboxylic acids is 1. The Morgan fingerprint density at radius 2 is 1.74 bits per heavy atom. The van der Waals surface area contributed by atoms with E-state index in [0.717, 1.165) is 27.8 Å². The number of hydrogen-bond donors (Lipinski definition) is 1. The summed E-state index contributed by atoms with van der Waals surface area (Å²) in [5.74, 6) is 1.32. The van der Waals surface area contributed by atoms with Crippen LogP contribution in [0.2, 0.25) is 0 Å². The van der Waals surface area contributed by atoms with Gasteiger partial charge in [-0.15, -0.1) is 10.2 Å². The lowest BCUT2D eigenvalue weighted by atomic mass is 9.83. The Kier molecular flexibility index (Phi) is 5.13. The second-order valence-corrected chi connectivity index (χ2v) is 7.35. The highest BCUT2D eigenvalue weighted by atomic mass is 16.4. The molecule has 0 aliphatic rings. The summed E-state index contributed by atoms with van der Waals surface area (Å²) in [5.41, 5.74) is 11.3. The first kappa shape index (κ1) is 18.8. The van der Waals surface area contributed by atoms with Gasteiger partial charge in [-0.25, -0.2) is 0 Å². The normalized spacial score (nSPS) is 12.4. The van der Waals surface area contributed by atoms with Gasteiger partial charge in [-0.2, -0.15) is 0 Å². The Balaban J connectivity index is 2.19. The molecule has 1 heterocycles. The first-order valence-corrected chi connectivity index (χ1v) is 9.13. The molecule has 0 radical (unpaired) electrons. The molecule has 0 aliphatic heterocycles. The fourth-order valence-corrected chi connectivity index (χ4v) is 3.16. The van der Waals surface area contributed by atoms with Crippen LogP contribution < -0.4 is 5.73 Å². The highest BCUT2D eigenvalue weighted by Crippen LogP contribution is 2.37. The molecule has 0 spiro atoms. The summed E-state index contributed by atoms with van der Waals surface area (Å²) in [7, 11) is 0. The average Bonchev–Trinajstić information content (AvgIpc) is 3.07. The van der Waals surface area contributed by atoms with E-state index >= 15 is 0 Å². The third-order valence-corrected chi connectivity index (χ3v) is 5.13. The van der Waals surface area contributed by atoms with Crippen molar-refractivity contribution in [1.29, 1.82) is 0 Å². The first-order chi connectivity index (χ1) is 12.8. The van der Waals surface area contributed by atoms with Gasteiger partial charge in [-0.05, 0) is 65.3 Å². The third-order valence-electron chi connectivity index (χ3n) is 5.13. The zero-order valence-electron chi connectivity index (χ0n) is 16.4. The molecular formula is C22H25N3O2. The van der Waals surface area contributed by atoms with Crippen LogP contribution in [0.4, 0.5) is 0 Å². The summed E-state index contributed by atoms with van der Waals surface area (Å²) in [4.78, 5) is 11.7. The van der Waals surface area contributed by atoms with Crippen LogP contribution in [0, 0.1) is 19.8 Å². The standard InChI is InChI=1S/C22H25N3O2/c1-12(2)14(4)20-10-16(21(23)26)8-9-18(20)19-11-17(7-6-13(19)3)22-25-24-15(5)27-22/h6-12,14H,1-5H3,(H2,23,26). The second kappa shape index (κ2) is 7.35. The van der Waals surface area contributed by atoms with Crippen LogP contribution in [0.3, 0.4) is 0 Å². The minimum Gasteiger partial charge on any atom is -0.421 e. The van der Waals surface area contributed by atoms with Gasteiger partial charge in [0, 0.05) is 18.1 Å². The van der Waals surface area contributed by atoms with Gasteiger partial charge in [0.25, 0.3) is 0 Å². The molecule has 2 N–H and O–H groups in total. The van der Waals surface area contributed by atoms with Crippen LogP contribution in [-0.4, -0.2) is 16.1 Å². The lowest BCUT2D eigenvalue weighted by Crippen LogP contribution is -2.13. The quantitative estimate of drug-likeness (QED) is 0.700. The number of hydrogen-bond acceptors (Lipinski definition) is 4. The van der Waals surface area contributed by atoms with Crippen LogP contribution in [0.1, 0.15) is 54.1 Å². The molecule has 3 aromatic rings. The van der Waals surface area contributed by atoms with E-state index in [4.69, 9.17) is 10.2 Å². The second-order valence-electron chi connectivity index (χ2n) is 7.35. The Bertz CT molecular complexity index is 989. The van der Waals surface area contributed by atoms with E-state index in [2.05, 4.69) is 50.0 Å². The number of aromatic nitrogens is 2. The molecule has 1 aromatic heterocycles. The van der Waals surface area contributed by atoms with Crippen LogP contribution in [0.25, 0.3) is 22.6 Å². The molecular weight excluding hydrogens is 338 g/mol. The number of aryl methyl sites for hydroxylation is 2. The largest absolute Gasteiger partial charge is 0.421 e. The number of rotatable bonds is 5. The SMILES string of the molecule is Cc1nnc(-c2ccc(C)c(-c3ccc(C(N)=O)cc3C(C)C(C)C)c2)o1. The summed E-state index contributed by atoms with van der Waals surface area (Å²) in [6, 6.07) is 11.8. The van der Waals surface area contributed by atoms with Crippen molar-refractivity contribution in [1.82, 2.24) is 10.2 Å². The highest BCUT2D eigenvalue weighted by molar-refractivity contribution is 5.94. The van der Waals surface area contributed by atoms with Crippen molar-refractivity contribution in [3.8, 4) is 22.6 Å². The molecule has 0 saturated carbocycles. The van der Waals surface area contributed by atoms with Crippen LogP contribution >= 0.6 is 0 Å². The smallest absolute Gasteiger partial charge is 0.248 e. The van der Waals surface area contributed by atoms with Gasteiger partial charge < -0.3 is 10.2 Å². The van der Waals surface area contributed by atoms with E-state index in [9.17, 15) is 4.79 Å². The molecule has 0 bridgehead atoms. The molecule has 3 rings (SSSR count). The number of nitrogens with zero attached hydrogens (tertiary/aromatic N) is 2. The molecule has 2 aromatic carbocycles. The number of primary amides is 1. The van der Waals surface area contributed by atoms with Crippen LogP contribution in [0.5, 0.6) is 0 Å². The molecule has 140 valence electrons. The number of benzene rings is 2. The van der Waals surface area contributed by atoms with Gasteiger partial charge in [0.05, 0.1) is 0 Å². The van der Waals surface area contributed by atoms with Crippen molar-refractivity contribution >= 4 is 5.91 Å². The van der Waals surface area contributed by atoms with Crippen molar-refractivity contribution in [2.45, 2.75) is 40.5 Å². The van der Waals surface area contributed by atoms with Crippen LogP contribution in [0.15, 0.2) is 40.8 Å². The fraction of sp³-hybridized carbons (Fsp3) is 0.318. The molecule has 1 atom stereocenters. The van der Waals surface area contributed by atoms with E-state index in [1.165, 1.54) is 0 Å². The monoisotopic (exact) mass is 363 g/mol. The lowest BCUT2D eigenvalue weighted by molar-refractivity contribution is 0.1000. The summed E-state index contributed by atoms with van der Waals surface area (Å²) in [5, 5.41) is 8.05. The Labute approximate surface area is 159 Å². The van der Waals surface area contributed by atoms with Gasteiger partial charge in [-0.1, -0.05) is 32.9 Å². The average molecular weight is 363 g/mol. The lowest BCUT2D eigenvalue weighted by Gasteiger charge is -2.22. The highest BCUT2D eigenvalue weighted by Gasteiger charge is 2.19. The van der Waals surface area contributed by atoms with Crippen molar-refractivity contribution in [2.24, 2.45) is 11.7 Å². The van der Waals surface area contributed by atoms with E-state index in [1.807, 2.05) is 18.2 Å². The number of nitrogens with two attached hydrogens (primary N) is 1. The Hall–Kier alpha value is -2.95. The van der Waals surface area contributed by atoms with Crippen molar-refractivity contribution < 1.29 is 9.21 Å². The van der Waals surface area contributed by atoms with Gasteiger partial charge in [0.15, 0.2) is 0 Å². The van der Waals surface area contributed by atoms with E-state index in [-0.39, 0.29) is 5.92 Å². The summed E-state index contributed by atoms with van der Waals surface area (Å²) in [6.07, 6.45) is 0. The predicted octanol–water partition coefficient (Wildman–Crippen LogP) is 4.88. The van der Waals surface area contributed by atoms with Crippen molar-refractivity contribution in [2.75, 3.05) is 0 Å². The zero-order chi connectivity index (χ0) is 19.7. The maximum absolute atomic E-state index is 11.7. The Morgan fingerprint density at radius 1 is 1.00 bits per heavy atom. The van der Waals surface area contributed by atoms with Crippen molar-refractivity contribution in [3.63, 3.8) is 0 Å². The van der Waals surface area contributed by atoms with Crippen LogP contribution in [-0.2, 0) is 0 Å². The van der Waals surface area contributed by atoms with Crippen molar-refractivity contribution in [3.05, 3.63) is 59.0 Å². The summed E-state index contributed by atoms with van der Waals surface area (Å²) >= 11 is 0. The maximum Gasteiger partial charge on any atom is 0.248 e. The molecule has 0 fully saturated rings. The Morgan fingerprint density at radius 3 is 2.33 bits per heavy atom. The zero-order valence-corrected chi connectivity index (χ0v) is 16.4. The molecule has 5 nitrogen and oxygen atoms in total. The molecule has 5 heteroatoms. The molecule has 0 aliphatic carbocycles. The minimum atomic E-state index is -0.412. The van der Waals surface area contributed by atoms with Gasteiger partial charge >= 0.3 is 0 Å². The van der Waals surface area contributed by atoms with Gasteiger partial charge in [-0.3, -0.25) is 4.79 Å². The number of carbonyl (C=O) groups is 1. The van der Waals surface area contributed by atoms with E-state index < -0.39 is 5.91 Å². The minimum absolute atomic E-state index is 0.271. The molecule has 1 unspecified atom stereocenters. The van der Waals surface area contributed by atoms with Gasteiger partial charge in [0.2, 0.25) is 17.7 Å². The van der Waals surface area contributed by atoms with E-state index in [1.54, 1.807) is 13.0 Å². The first-order valence-electron chi connectivity index (χ1n) is 9.13.